The van der Waals surface area contributed by atoms with E-state index in [0.29, 0.717) is 18.0 Å². The van der Waals surface area contributed by atoms with Gasteiger partial charge in [-0.15, -0.1) is 4.40 Å². The van der Waals surface area contributed by atoms with Crippen molar-refractivity contribution >= 4 is 21.8 Å². The second-order valence-corrected chi connectivity index (χ2v) is 7.59. The first kappa shape index (κ1) is 17.2. The van der Waals surface area contributed by atoms with Gasteiger partial charge in [-0.3, -0.25) is 4.79 Å². The van der Waals surface area contributed by atoms with Crippen LogP contribution in [0.15, 0.2) is 46.5 Å². The number of amidine groups is 1. The lowest BCUT2D eigenvalue weighted by molar-refractivity contribution is -0.117. The molecule has 8 heteroatoms. The Morgan fingerprint density at radius 1 is 1.36 bits per heavy atom. The fraction of sp³-hybridized carbons (Fsp3) is 0.294. The third-order valence-electron chi connectivity index (χ3n) is 4.01. The fourth-order valence-corrected chi connectivity index (χ4v) is 3.56. The number of benzene rings is 1. The quantitative estimate of drug-likeness (QED) is 0.868. The van der Waals surface area contributed by atoms with E-state index in [0.717, 1.165) is 16.9 Å². The maximum Gasteiger partial charge on any atom is 0.256 e. The molecule has 7 nitrogen and oxygen atoms in total. The Labute approximate surface area is 146 Å². The highest BCUT2D eigenvalue weighted by molar-refractivity contribution is 7.90. The number of nitrogens with one attached hydrogen (secondary N) is 1. The molecule has 3 rings (SSSR count). The van der Waals surface area contributed by atoms with Crippen LogP contribution in [0.1, 0.15) is 11.1 Å². The number of nitrogens with zero attached hydrogens (tertiary/aromatic N) is 2. The SMILES string of the molecule is COc1cc(CNC(=O)C2=CN3CCS(=O)(=O)N=C3C=C2)ccc1C. The van der Waals surface area contributed by atoms with Gasteiger partial charge < -0.3 is 15.0 Å². The Kier molecular flexibility index (Phi) is 4.63. The average molecular weight is 361 g/mol. The zero-order chi connectivity index (χ0) is 18.0. The molecular weight excluding hydrogens is 342 g/mol. The summed E-state index contributed by atoms with van der Waals surface area (Å²) in [5, 5.41) is 2.85. The van der Waals surface area contributed by atoms with Gasteiger partial charge in [-0.1, -0.05) is 12.1 Å². The van der Waals surface area contributed by atoms with Crippen LogP contribution in [-0.4, -0.2) is 44.5 Å². The van der Waals surface area contributed by atoms with Crippen LogP contribution in [-0.2, 0) is 21.4 Å². The summed E-state index contributed by atoms with van der Waals surface area (Å²) in [7, 11) is -1.78. The molecule has 0 fully saturated rings. The minimum absolute atomic E-state index is 0.0566. The van der Waals surface area contributed by atoms with Gasteiger partial charge in [-0.05, 0) is 36.3 Å². The lowest BCUT2D eigenvalue weighted by Crippen LogP contribution is -2.38. The maximum absolute atomic E-state index is 12.3. The molecule has 1 N–H and O–H groups in total. The lowest BCUT2D eigenvalue weighted by atomic mass is 10.1. The van der Waals surface area contributed by atoms with E-state index >= 15 is 0 Å². The summed E-state index contributed by atoms with van der Waals surface area (Å²) < 4.78 is 32.0. The largest absolute Gasteiger partial charge is 0.496 e. The van der Waals surface area contributed by atoms with Gasteiger partial charge in [0.1, 0.15) is 11.6 Å². The summed E-state index contributed by atoms with van der Waals surface area (Å²) in [6.07, 6.45) is 4.74. The number of hydrogen-bond acceptors (Lipinski definition) is 5. The van der Waals surface area contributed by atoms with E-state index in [1.807, 2.05) is 25.1 Å². The van der Waals surface area contributed by atoms with Gasteiger partial charge in [0.2, 0.25) is 0 Å². The number of aryl methyl sites for hydroxylation is 1. The summed E-state index contributed by atoms with van der Waals surface area (Å²) in [6, 6.07) is 5.77. The van der Waals surface area contributed by atoms with Crippen molar-refractivity contribution in [3.8, 4) is 5.75 Å². The molecule has 1 aromatic rings. The van der Waals surface area contributed by atoms with E-state index in [-0.39, 0.29) is 18.2 Å². The molecule has 0 atom stereocenters. The number of rotatable bonds is 4. The highest BCUT2D eigenvalue weighted by atomic mass is 32.2. The fourth-order valence-electron chi connectivity index (χ4n) is 2.59. The second-order valence-electron chi connectivity index (χ2n) is 5.83. The number of amides is 1. The zero-order valence-corrected chi connectivity index (χ0v) is 14.8. The van der Waals surface area contributed by atoms with E-state index in [1.54, 1.807) is 30.4 Å². The normalized spacial score (nSPS) is 18.1. The van der Waals surface area contributed by atoms with Gasteiger partial charge in [0, 0.05) is 19.3 Å². The Morgan fingerprint density at radius 3 is 2.92 bits per heavy atom. The molecule has 1 amide bonds. The van der Waals surface area contributed by atoms with Crippen LogP contribution >= 0.6 is 0 Å². The number of carbonyl (C=O) groups excluding carboxylic acids is 1. The number of methoxy groups -OCH3 is 1. The number of carbonyl (C=O) groups is 1. The van der Waals surface area contributed by atoms with Crippen molar-refractivity contribution < 1.29 is 17.9 Å². The van der Waals surface area contributed by atoms with Gasteiger partial charge in [-0.25, -0.2) is 8.42 Å². The number of hydrogen-bond donors (Lipinski definition) is 1. The third-order valence-corrected chi connectivity index (χ3v) is 5.18. The van der Waals surface area contributed by atoms with Crippen LogP contribution in [0.3, 0.4) is 0 Å². The van der Waals surface area contributed by atoms with Crippen LogP contribution in [0.2, 0.25) is 0 Å². The first-order chi connectivity index (χ1) is 11.9. The van der Waals surface area contributed by atoms with Crippen molar-refractivity contribution in [2.24, 2.45) is 4.40 Å². The summed E-state index contributed by atoms with van der Waals surface area (Å²) in [5.41, 5.74) is 2.42. The first-order valence-corrected chi connectivity index (χ1v) is 9.40. The number of sulfonamides is 1. The third kappa shape index (κ3) is 3.90. The van der Waals surface area contributed by atoms with Crippen molar-refractivity contribution in [1.82, 2.24) is 10.2 Å². The number of fused-ring (bicyclic) bond motifs is 1. The highest BCUT2D eigenvalue weighted by Gasteiger charge is 2.24. The van der Waals surface area contributed by atoms with Crippen LogP contribution in [0.25, 0.3) is 0 Å². The molecule has 2 aliphatic heterocycles. The molecule has 1 aromatic carbocycles. The van der Waals surface area contributed by atoms with Crippen LogP contribution < -0.4 is 10.1 Å². The van der Waals surface area contributed by atoms with E-state index in [1.165, 1.54) is 0 Å². The maximum atomic E-state index is 12.3. The molecule has 0 saturated carbocycles. The van der Waals surface area contributed by atoms with Gasteiger partial charge >= 0.3 is 0 Å². The van der Waals surface area contributed by atoms with Gasteiger partial charge in [0.15, 0.2) is 0 Å². The zero-order valence-electron chi connectivity index (χ0n) is 14.0. The molecule has 25 heavy (non-hydrogen) atoms. The standard InChI is InChI=1S/C17H19N3O4S/c1-12-3-4-13(9-15(12)24-2)10-18-17(21)14-5-6-16-19-25(22,23)8-7-20(16)11-14/h3-6,9,11H,7-8,10H2,1-2H3,(H,18,21). The molecule has 0 bridgehead atoms. The minimum atomic E-state index is -3.39. The van der Waals surface area contributed by atoms with Crippen LogP contribution in [0, 0.1) is 6.92 Å². The second kappa shape index (κ2) is 6.72. The van der Waals surface area contributed by atoms with E-state index in [9.17, 15) is 13.2 Å². The summed E-state index contributed by atoms with van der Waals surface area (Å²) in [4.78, 5) is 14.0. The Balaban J connectivity index is 1.67. The van der Waals surface area contributed by atoms with Gasteiger partial charge in [0.25, 0.3) is 15.9 Å². The van der Waals surface area contributed by atoms with Gasteiger partial charge in [-0.2, -0.15) is 0 Å². The summed E-state index contributed by atoms with van der Waals surface area (Å²) >= 11 is 0. The van der Waals surface area contributed by atoms with Crippen molar-refractivity contribution in [1.29, 1.82) is 0 Å². The first-order valence-electron chi connectivity index (χ1n) is 7.79. The molecule has 0 aromatic heterocycles. The van der Waals surface area contributed by atoms with Crippen molar-refractivity contribution in [3.05, 3.63) is 53.3 Å². The molecule has 0 radical (unpaired) electrons. The van der Waals surface area contributed by atoms with Crippen LogP contribution in [0.5, 0.6) is 5.75 Å². The number of ether oxygens (including phenoxy) is 1. The molecule has 0 aliphatic carbocycles. The van der Waals surface area contributed by atoms with E-state index in [4.69, 9.17) is 4.74 Å². The topological polar surface area (TPSA) is 88.1 Å². The molecule has 0 saturated heterocycles. The lowest BCUT2D eigenvalue weighted by Gasteiger charge is -2.26. The molecule has 132 valence electrons. The summed E-state index contributed by atoms with van der Waals surface area (Å²) in [6.45, 7) is 2.62. The molecular formula is C17H19N3O4S. The van der Waals surface area contributed by atoms with E-state index < -0.39 is 10.0 Å². The Bertz CT molecular complexity index is 900. The summed E-state index contributed by atoms with van der Waals surface area (Å²) in [5.74, 6) is 0.826. The Hall–Kier alpha value is -2.61. The smallest absolute Gasteiger partial charge is 0.256 e. The van der Waals surface area contributed by atoms with Crippen molar-refractivity contribution in [2.75, 3.05) is 19.4 Å². The average Bonchev–Trinajstić information content (AvgIpc) is 2.59. The molecule has 0 unspecified atom stereocenters. The minimum Gasteiger partial charge on any atom is -0.496 e. The molecule has 0 spiro atoms. The van der Waals surface area contributed by atoms with Gasteiger partial charge in [0.05, 0.1) is 18.4 Å². The predicted octanol–water partition coefficient (Wildman–Crippen LogP) is 1.12. The predicted molar refractivity (Wildman–Crippen MR) is 94.7 cm³/mol. The highest BCUT2D eigenvalue weighted by Crippen LogP contribution is 2.19. The Morgan fingerprint density at radius 2 is 2.16 bits per heavy atom. The van der Waals surface area contributed by atoms with Crippen molar-refractivity contribution in [2.45, 2.75) is 13.5 Å². The molecule has 2 heterocycles. The van der Waals surface area contributed by atoms with Crippen LogP contribution in [0.4, 0.5) is 0 Å². The van der Waals surface area contributed by atoms with Crippen molar-refractivity contribution in [3.63, 3.8) is 0 Å². The monoisotopic (exact) mass is 361 g/mol. The van der Waals surface area contributed by atoms with E-state index in [2.05, 4.69) is 9.71 Å². The molecule has 2 aliphatic rings.